The van der Waals surface area contributed by atoms with Crippen LogP contribution >= 0.6 is 0 Å². The van der Waals surface area contributed by atoms with E-state index < -0.39 is 6.10 Å². The molecule has 1 atom stereocenters. The van der Waals surface area contributed by atoms with E-state index in [0.29, 0.717) is 13.2 Å². The number of β-amino-alcohol motifs (C(OH)–C–C–N with tert-alkyl or cyclic N) is 1. The Kier molecular flexibility index (Phi) is 6.67. The molecule has 1 saturated heterocycles. The fourth-order valence-electron chi connectivity index (χ4n) is 3.37. The van der Waals surface area contributed by atoms with Gasteiger partial charge in [-0.25, -0.2) is 0 Å². The highest BCUT2D eigenvalue weighted by atomic mass is 16.5. The van der Waals surface area contributed by atoms with Gasteiger partial charge in [0.2, 0.25) is 0 Å². The minimum absolute atomic E-state index is 0.342. The second-order valence-electron chi connectivity index (χ2n) is 7.30. The first kappa shape index (κ1) is 18.9. The number of aliphatic hydroxyl groups is 1. The molecule has 26 heavy (non-hydrogen) atoms. The molecule has 1 aliphatic rings. The van der Waals surface area contributed by atoms with Crippen molar-refractivity contribution in [1.82, 2.24) is 9.80 Å². The summed E-state index contributed by atoms with van der Waals surface area (Å²) in [7, 11) is 0. The third-order valence-electron chi connectivity index (χ3n) is 4.96. The van der Waals surface area contributed by atoms with Crippen molar-refractivity contribution >= 4 is 0 Å². The van der Waals surface area contributed by atoms with E-state index in [2.05, 4.69) is 59.2 Å². The van der Waals surface area contributed by atoms with Gasteiger partial charge in [0, 0.05) is 39.3 Å². The van der Waals surface area contributed by atoms with Crippen molar-refractivity contribution in [2.45, 2.75) is 26.5 Å². The van der Waals surface area contributed by atoms with E-state index in [-0.39, 0.29) is 0 Å². The van der Waals surface area contributed by atoms with Gasteiger partial charge < -0.3 is 9.84 Å². The number of ether oxygens (including phenoxy) is 1. The average Bonchev–Trinajstić information content (AvgIpc) is 2.65. The van der Waals surface area contributed by atoms with E-state index in [1.807, 2.05) is 13.0 Å². The van der Waals surface area contributed by atoms with Gasteiger partial charge in [-0.3, -0.25) is 9.80 Å². The molecule has 0 aliphatic carbocycles. The molecule has 2 aromatic carbocycles. The van der Waals surface area contributed by atoms with E-state index in [9.17, 15) is 5.11 Å². The van der Waals surface area contributed by atoms with Gasteiger partial charge in [0.15, 0.2) is 0 Å². The highest BCUT2D eigenvalue weighted by Gasteiger charge is 2.19. The number of aryl methyl sites for hydroxylation is 2. The molecular formula is C22H30N2O2. The lowest BCUT2D eigenvalue weighted by Gasteiger charge is -2.35. The summed E-state index contributed by atoms with van der Waals surface area (Å²) in [5.41, 5.74) is 3.65. The summed E-state index contributed by atoms with van der Waals surface area (Å²) < 4.78 is 5.83. The van der Waals surface area contributed by atoms with Crippen LogP contribution in [-0.4, -0.2) is 60.3 Å². The van der Waals surface area contributed by atoms with Crippen molar-refractivity contribution in [3.8, 4) is 5.75 Å². The Morgan fingerprint density at radius 1 is 0.962 bits per heavy atom. The van der Waals surface area contributed by atoms with Gasteiger partial charge in [0.1, 0.15) is 18.5 Å². The van der Waals surface area contributed by atoms with Crippen molar-refractivity contribution in [3.05, 3.63) is 65.2 Å². The Morgan fingerprint density at radius 2 is 1.65 bits per heavy atom. The summed E-state index contributed by atoms with van der Waals surface area (Å²) in [6, 6.07) is 16.8. The molecule has 0 saturated carbocycles. The van der Waals surface area contributed by atoms with E-state index in [1.165, 1.54) is 11.1 Å². The first-order valence-electron chi connectivity index (χ1n) is 9.47. The molecule has 1 unspecified atom stereocenters. The largest absolute Gasteiger partial charge is 0.491 e. The molecule has 0 amide bonds. The van der Waals surface area contributed by atoms with Gasteiger partial charge in [0.25, 0.3) is 0 Å². The Morgan fingerprint density at radius 3 is 2.38 bits per heavy atom. The number of rotatable bonds is 7. The molecular weight excluding hydrogens is 324 g/mol. The summed E-state index contributed by atoms with van der Waals surface area (Å²) >= 11 is 0. The van der Waals surface area contributed by atoms with Crippen LogP contribution in [0.1, 0.15) is 16.7 Å². The number of hydrogen-bond donors (Lipinski definition) is 1. The smallest absolute Gasteiger partial charge is 0.122 e. The van der Waals surface area contributed by atoms with Crippen LogP contribution < -0.4 is 4.74 Å². The van der Waals surface area contributed by atoms with Crippen molar-refractivity contribution in [2.75, 3.05) is 39.3 Å². The van der Waals surface area contributed by atoms with Crippen LogP contribution in [0.2, 0.25) is 0 Å². The Labute approximate surface area is 157 Å². The van der Waals surface area contributed by atoms with Gasteiger partial charge in [0.05, 0.1) is 0 Å². The monoisotopic (exact) mass is 354 g/mol. The van der Waals surface area contributed by atoms with Gasteiger partial charge in [-0.15, -0.1) is 0 Å². The lowest BCUT2D eigenvalue weighted by molar-refractivity contribution is 0.0445. The Hall–Kier alpha value is -1.88. The second-order valence-corrected chi connectivity index (χ2v) is 7.30. The first-order valence-corrected chi connectivity index (χ1v) is 9.47. The van der Waals surface area contributed by atoms with Crippen molar-refractivity contribution in [3.63, 3.8) is 0 Å². The van der Waals surface area contributed by atoms with Crippen LogP contribution in [0, 0.1) is 13.8 Å². The molecule has 4 nitrogen and oxygen atoms in total. The lowest BCUT2D eigenvalue weighted by Crippen LogP contribution is -2.48. The summed E-state index contributed by atoms with van der Waals surface area (Å²) in [5.74, 6) is 0.872. The van der Waals surface area contributed by atoms with Crippen LogP contribution in [0.15, 0.2) is 48.5 Å². The van der Waals surface area contributed by atoms with E-state index in [1.54, 1.807) is 0 Å². The standard InChI is InChI=1S/C22H30N2O2/c1-18-8-9-19(2)22(14-18)26-17-21(25)16-24-12-10-23(11-13-24)15-20-6-4-3-5-7-20/h3-9,14,21,25H,10-13,15-17H2,1-2H3. The maximum Gasteiger partial charge on any atom is 0.122 e. The topological polar surface area (TPSA) is 35.9 Å². The van der Waals surface area contributed by atoms with Crippen LogP contribution in [0.4, 0.5) is 0 Å². The van der Waals surface area contributed by atoms with Gasteiger partial charge in [-0.05, 0) is 36.6 Å². The maximum atomic E-state index is 10.3. The van der Waals surface area contributed by atoms with Gasteiger partial charge in [-0.2, -0.15) is 0 Å². The van der Waals surface area contributed by atoms with Crippen molar-refractivity contribution in [1.29, 1.82) is 0 Å². The lowest BCUT2D eigenvalue weighted by atomic mass is 10.1. The molecule has 1 heterocycles. The summed E-state index contributed by atoms with van der Waals surface area (Å²) in [6.45, 7) is 10.2. The number of hydrogen-bond acceptors (Lipinski definition) is 4. The minimum atomic E-state index is -0.462. The fourth-order valence-corrected chi connectivity index (χ4v) is 3.37. The first-order chi connectivity index (χ1) is 12.6. The maximum absolute atomic E-state index is 10.3. The molecule has 2 aromatic rings. The molecule has 1 N–H and O–H groups in total. The highest BCUT2D eigenvalue weighted by Crippen LogP contribution is 2.19. The summed E-state index contributed by atoms with van der Waals surface area (Å²) in [6.07, 6.45) is -0.462. The molecule has 3 rings (SSSR count). The van der Waals surface area contributed by atoms with E-state index in [0.717, 1.165) is 44.0 Å². The SMILES string of the molecule is Cc1ccc(C)c(OCC(O)CN2CCN(Cc3ccccc3)CC2)c1. The number of piperazine rings is 1. The Balaban J connectivity index is 1.39. The van der Waals surface area contributed by atoms with E-state index >= 15 is 0 Å². The molecule has 1 fully saturated rings. The molecule has 0 bridgehead atoms. The number of nitrogens with zero attached hydrogens (tertiary/aromatic N) is 2. The molecule has 1 aliphatic heterocycles. The van der Waals surface area contributed by atoms with Gasteiger partial charge >= 0.3 is 0 Å². The normalized spacial score (nSPS) is 17.2. The molecule has 0 spiro atoms. The number of aliphatic hydroxyl groups excluding tert-OH is 1. The van der Waals surface area contributed by atoms with Crippen LogP contribution in [0.25, 0.3) is 0 Å². The van der Waals surface area contributed by atoms with Crippen LogP contribution in [0.5, 0.6) is 5.75 Å². The fraction of sp³-hybridized carbons (Fsp3) is 0.455. The quantitative estimate of drug-likeness (QED) is 0.829. The predicted molar refractivity (Wildman–Crippen MR) is 106 cm³/mol. The zero-order chi connectivity index (χ0) is 18.4. The zero-order valence-electron chi connectivity index (χ0n) is 15.9. The zero-order valence-corrected chi connectivity index (χ0v) is 15.9. The molecule has 0 aromatic heterocycles. The van der Waals surface area contributed by atoms with Crippen molar-refractivity contribution < 1.29 is 9.84 Å². The third-order valence-corrected chi connectivity index (χ3v) is 4.96. The highest BCUT2D eigenvalue weighted by molar-refractivity contribution is 5.35. The summed E-state index contributed by atoms with van der Waals surface area (Å²) in [4.78, 5) is 4.81. The van der Waals surface area contributed by atoms with Crippen molar-refractivity contribution in [2.24, 2.45) is 0 Å². The number of benzene rings is 2. The second kappa shape index (κ2) is 9.17. The van der Waals surface area contributed by atoms with E-state index in [4.69, 9.17) is 4.74 Å². The van der Waals surface area contributed by atoms with Crippen LogP contribution in [0.3, 0.4) is 0 Å². The van der Waals surface area contributed by atoms with Gasteiger partial charge in [-0.1, -0.05) is 42.5 Å². The predicted octanol–water partition coefficient (Wildman–Crippen LogP) is 2.86. The Bertz CT molecular complexity index is 682. The average molecular weight is 354 g/mol. The molecule has 140 valence electrons. The van der Waals surface area contributed by atoms with Crippen LogP contribution in [-0.2, 0) is 6.54 Å². The minimum Gasteiger partial charge on any atom is -0.491 e. The third kappa shape index (κ3) is 5.56. The summed E-state index contributed by atoms with van der Waals surface area (Å²) in [5, 5.41) is 10.3. The molecule has 0 radical (unpaired) electrons. The molecule has 4 heteroatoms.